The van der Waals surface area contributed by atoms with Crippen LogP contribution in [-0.2, 0) is 4.74 Å². The zero-order valence-corrected chi connectivity index (χ0v) is 9.74. The Morgan fingerprint density at radius 3 is 2.78 bits per heavy atom. The fourth-order valence-corrected chi connectivity index (χ4v) is 1.94. The SMILES string of the molecule is Cc1cn([C@@H]2O[C@H](CO)[C@@H](O)[C@@H]2N)c(=O)[nH]c1=O. The van der Waals surface area contributed by atoms with Gasteiger partial charge in [-0.15, -0.1) is 0 Å². The highest BCUT2D eigenvalue weighted by molar-refractivity contribution is 5.03. The highest BCUT2D eigenvalue weighted by atomic mass is 16.5. The van der Waals surface area contributed by atoms with Crippen LogP contribution in [0.15, 0.2) is 15.8 Å². The molecule has 0 bridgehead atoms. The Balaban J connectivity index is 2.42. The summed E-state index contributed by atoms with van der Waals surface area (Å²) in [7, 11) is 0. The van der Waals surface area contributed by atoms with Crippen molar-refractivity contribution in [1.29, 1.82) is 0 Å². The van der Waals surface area contributed by atoms with E-state index >= 15 is 0 Å². The van der Waals surface area contributed by atoms with E-state index in [1.165, 1.54) is 13.1 Å². The average Bonchev–Trinajstić information content (AvgIpc) is 2.61. The molecule has 2 heterocycles. The summed E-state index contributed by atoms with van der Waals surface area (Å²) in [5.41, 5.74) is 4.91. The molecule has 0 radical (unpaired) electrons. The first-order chi connectivity index (χ1) is 8.45. The van der Waals surface area contributed by atoms with Crippen molar-refractivity contribution in [2.45, 2.75) is 31.4 Å². The molecule has 18 heavy (non-hydrogen) atoms. The Morgan fingerprint density at radius 2 is 2.22 bits per heavy atom. The fourth-order valence-electron chi connectivity index (χ4n) is 1.94. The van der Waals surface area contributed by atoms with Crippen LogP contribution >= 0.6 is 0 Å². The van der Waals surface area contributed by atoms with Gasteiger partial charge in [0.15, 0.2) is 6.23 Å². The van der Waals surface area contributed by atoms with Gasteiger partial charge in [0, 0.05) is 11.8 Å². The minimum Gasteiger partial charge on any atom is -0.394 e. The molecule has 8 nitrogen and oxygen atoms in total. The van der Waals surface area contributed by atoms with Crippen molar-refractivity contribution in [2.75, 3.05) is 6.61 Å². The second-order valence-corrected chi connectivity index (χ2v) is 4.29. The first-order valence-electron chi connectivity index (χ1n) is 5.47. The Labute approximate surface area is 102 Å². The Hall–Kier alpha value is -1.48. The zero-order chi connectivity index (χ0) is 13.4. The molecule has 5 N–H and O–H groups in total. The number of nitrogens with one attached hydrogen (secondary N) is 1. The van der Waals surface area contributed by atoms with E-state index in [1.54, 1.807) is 0 Å². The summed E-state index contributed by atoms with van der Waals surface area (Å²) in [5.74, 6) is 0. The number of hydrogen-bond donors (Lipinski definition) is 4. The monoisotopic (exact) mass is 257 g/mol. The van der Waals surface area contributed by atoms with Gasteiger partial charge in [0.05, 0.1) is 12.6 Å². The Bertz CT molecular complexity index is 551. The number of H-pyrrole nitrogens is 1. The first-order valence-corrected chi connectivity index (χ1v) is 5.47. The number of aromatic nitrogens is 2. The van der Waals surface area contributed by atoms with Crippen LogP contribution in [0.4, 0.5) is 0 Å². The summed E-state index contributed by atoms with van der Waals surface area (Å²) < 4.78 is 6.42. The molecule has 0 unspecified atom stereocenters. The largest absolute Gasteiger partial charge is 0.394 e. The van der Waals surface area contributed by atoms with Gasteiger partial charge in [0.1, 0.15) is 12.2 Å². The standard InChI is InChI=1S/C10H15N3O5/c1-4-2-13(10(17)12-8(4)16)9-6(11)7(15)5(3-14)18-9/h2,5-7,9,14-15H,3,11H2,1H3,(H,12,16,17)/t5-,6+,7-,9-/m1/s1. The second-order valence-electron chi connectivity index (χ2n) is 4.29. The maximum Gasteiger partial charge on any atom is 0.330 e. The maximum atomic E-state index is 11.7. The summed E-state index contributed by atoms with van der Waals surface area (Å²) in [6, 6.07) is -0.856. The van der Waals surface area contributed by atoms with Crippen LogP contribution < -0.4 is 17.0 Å². The number of aromatic amines is 1. The van der Waals surface area contributed by atoms with Crippen LogP contribution in [0.25, 0.3) is 0 Å². The smallest absolute Gasteiger partial charge is 0.330 e. The zero-order valence-electron chi connectivity index (χ0n) is 9.74. The normalized spacial score (nSPS) is 31.8. The van der Waals surface area contributed by atoms with E-state index in [1.807, 2.05) is 0 Å². The topological polar surface area (TPSA) is 131 Å². The lowest BCUT2D eigenvalue weighted by atomic mass is 10.1. The van der Waals surface area contributed by atoms with Crippen molar-refractivity contribution in [1.82, 2.24) is 9.55 Å². The molecule has 1 saturated heterocycles. The molecule has 1 aromatic rings. The van der Waals surface area contributed by atoms with Crippen LogP contribution in [-0.4, -0.2) is 44.6 Å². The van der Waals surface area contributed by atoms with E-state index in [0.29, 0.717) is 5.56 Å². The maximum absolute atomic E-state index is 11.7. The van der Waals surface area contributed by atoms with E-state index in [0.717, 1.165) is 4.57 Å². The van der Waals surface area contributed by atoms with Crippen LogP contribution in [0.5, 0.6) is 0 Å². The predicted molar refractivity (Wildman–Crippen MR) is 61.0 cm³/mol. The number of nitrogens with two attached hydrogens (primary N) is 1. The van der Waals surface area contributed by atoms with Crippen molar-refractivity contribution in [3.8, 4) is 0 Å². The number of rotatable bonds is 2. The molecule has 1 aliphatic rings. The van der Waals surface area contributed by atoms with Crippen molar-refractivity contribution in [2.24, 2.45) is 5.73 Å². The summed E-state index contributed by atoms with van der Waals surface area (Å²) in [6.45, 7) is 1.14. The van der Waals surface area contributed by atoms with Crippen LogP contribution in [0.3, 0.4) is 0 Å². The van der Waals surface area contributed by atoms with Gasteiger partial charge in [-0.2, -0.15) is 0 Å². The number of hydrogen-bond acceptors (Lipinski definition) is 6. The number of ether oxygens (including phenoxy) is 1. The van der Waals surface area contributed by atoms with Gasteiger partial charge in [0.2, 0.25) is 0 Å². The molecule has 0 amide bonds. The number of aliphatic hydroxyl groups is 2. The molecule has 4 atom stereocenters. The highest BCUT2D eigenvalue weighted by Crippen LogP contribution is 2.26. The number of aryl methyl sites for hydroxylation is 1. The average molecular weight is 257 g/mol. The van der Waals surface area contributed by atoms with Gasteiger partial charge < -0.3 is 20.7 Å². The van der Waals surface area contributed by atoms with Gasteiger partial charge in [-0.1, -0.05) is 0 Å². The summed E-state index contributed by atoms with van der Waals surface area (Å²) in [5, 5.41) is 18.7. The highest BCUT2D eigenvalue weighted by Gasteiger charge is 2.42. The number of aliphatic hydroxyl groups excluding tert-OH is 2. The molecule has 0 spiro atoms. The third-order valence-corrected chi connectivity index (χ3v) is 3.02. The molecule has 100 valence electrons. The predicted octanol–water partition coefficient (Wildman–Crippen LogP) is -2.58. The molecule has 1 aromatic heterocycles. The lowest BCUT2D eigenvalue weighted by molar-refractivity contribution is -0.0465. The third-order valence-electron chi connectivity index (χ3n) is 3.02. The molecule has 2 rings (SSSR count). The van der Waals surface area contributed by atoms with Crippen LogP contribution in [0, 0.1) is 6.92 Å². The molecule has 0 saturated carbocycles. The molecule has 1 fully saturated rings. The molecule has 0 aromatic carbocycles. The number of nitrogens with zero attached hydrogens (tertiary/aromatic N) is 1. The third kappa shape index (κ3) is 1.99. The molecular weight excluding hydrogens is 242 g/mol. The van der Waals surface area contributed by atoms with E-state index in [9.17, 15) is 14.7 Å². The Morgan fingerprint density at radius 1 is 1.56 bits per heavy atom. The van der Waals surface area contributed by atoms with Gasteiger partial charge in [-0.25, -0.2) is 4.79 Å². The summed E-state index contributed by atoms with van der Waals surface area (Å²) >= 11 is 0. The van der Waals surface area contributed by atoms with Crippen molar-refractivity contribution in [3.05, 3.63) is 32.6 Å². The summed E-state index contributed by atoms with van der Waals surface area (Å²) in [6.07, 6.45) is -1.51. The van der Waals surface area contributed by atoms with Gasteiger partial charge in [-0.3, -0.25) is 14.3 Å². The van der Waals surface area contributed by atoms with Crippen molar-refractivity contribution >= 4 is 0 Å². The van der Waals surface area contributed by atoms with Crippen molar-refractivity contribution in [3.63, 3.8) is 0 Å². The van der Waals surface area contributed by atoms with E-state index in [2.05, 4.69) is 4.98 Å². The molecular formula is C10H15N3O5. The Kier molecular flexibility index (Phi) is 3.35. The lowest BCUT2D eigenvalue weighted by Crippen LogP contribution is -2.43. The lowest BCUT2D eigenvalue weighted by Gasteiger charge is -2.18. The minimum absolute atomic E-state index is 0.326. The van der Waals surface area contributed by atoms with Crippen molar-refractivity contribution < 1.29 is 14.9 Å². The van der Waals surface area contributed by atoms with E-state index < -0.39 is 42.3 Å². The van der Waals surface area contributed by atoms with E-state index in [4.69, 9.17) is 15.6 Å². The quantitative estimate of drug-likeness (QED) is 0.460. The van der Waals surface area contributed by atoms with Crippen LogP contribution in [0.1, 0.15) is 11.8 Å². The fraction of sp³-hybridized carbons (Fsp3) is 0.600. The van der Waals surface area contributed by atoms with Gasteiger partial charge in [0.25, 0.3) is 5.56 Å². The first kappa shape index (κ1) is 13.0. The minimum atomic E-state index is -1.07. The van der Waals surface area contributed by atoms with Gasteiger partial charge in [-0.05, 0) is 6.92 Å². The molecule has 1 aliphatic heterocycles. The van der Waals surface area contributed by atoms with Crippen LogP contribution in [0.2, 0.25) is 0 Å². The van der Waals surface area contributed by atoms with Gasteiger partial charge >= 0.3 is 5.69 Å². The molecule has 8 heteroatoms. The van der Waals surface area contributed by atoms with E-state index in [-0.39, 0.29) is 0 Å². The second kappa shape index (κ2) is 4.65. The summed E-state index contributed by atoms with van der Waals surface area (Å²) in [4.78, 5) is 25.0. The molecule has 0 aliphatic carbocycles.